The summed E-state index contributed by atoms with van der Waals surface area (Å²) >= 11 is 3.35. The van der Waals surface area contributed by atoms with Gasteiger partial charge in [0.15, 0.2) is 0 Å². The first-order valence-electron chi connectivity index (χ1n) is 6.39. The summed E-state index contributed by atoms with van der Waals surface area (Å²) in [5, 5.41) is 7.53. The van der Waals surface area contributed by atoms with E-state index in [-0.39, 0.29) is 5.56 Å². The third-order valence-electron chi connectivity index (χ3n) is 3.59. The second-order valence-corrected chi connectivity index (χ2v) is 5.46. The highest BCUT2D eigenvalue weighted by atomic mass is 79.9. The van der Waals surface area contributed by atoms with Gasteiger partial charge in [-0.2, -0.15) is 5.10 Å². The van der Waals surface area contributed by atoms with Crippen LogP contribution >= 0.6 is 15.9 Å². The molecule has 1 fully saturated rings. The number of aryl methyl sites for hydroxylation is 1. The molecule has 2 atom stereocenters. The van der Waals surface area contributed by atoms with E-state index in [0.29, 0.717) is 29.5 Å². The van der Waals surface area contributed by atoms with E-state index in [1.54, 1.807) is 6.20 Å². The summed E-state index contributed by atoms with van der Waals surface area (Å²) in [6.45, 7) is 3.16. The molecule has 0 radical (unpaired) electrons. The lowest BCUT2D eigenvalue weighted by Crippen LogP contribution is -2.31. The summed E-state index contributed by atoms with van der Waals surface area (Å²) < 4.78 is 1.99. The van der Waals surface area contributed by atoms with Crippen LogP contribution in [0.1, 0.15) is 26.2 Å². The standard InChI is InChI=1S/C12H19BrN4O/c1-2-17-12(18)11(13)10(7-15-17)16-9-5-3-4-8(9)6-14/h7-9,16H,2-6,14H2,1H3. The highest BCUT2D eigenvalue weighted by molar-refractivity contribution is 9.10. The van der Waals surface area contributed by atoms with Gasteiger partial charge in [0.1, 0.15) is 4.47 Å². The molecule has 3 N–H and O–H groups in total. The molecule has 1 aliphatic carbocycles. The van der Waals surface area contributed by atoms with Gasteiger partial charge in [-0.3, -0.25) is 4.79 Å². The van der Waals surface area contributed by atoms with Gasteiger partial charge in [-0.05, 0) is 48.2 Å². The summed E-state index contributed by atoms with van der Waals surface area (Å²) in [7, 11) is 0. The Morgan fingerprint density at radius 1 is 1.61 bits per heavy atom. The summed E-state index contributed by atoms with van der Waals surface area (Å²) in [5.74, 6) is 0.491. The smallest absolute Gasteiger partial charge is 0.283 e. The number of nitrogens with two attached hydrogens (primary N) is 1. The lowest BCUT2D eigenvalue weighted by molar-refractivity contribution is 0.515. The molecular formula is C12H19BrN4O. The molecule has 1 aliphatic rings. The zero-order valence-electron chi connectivity index (χ0n) is 10.5. The molecule has 1 aromatic heterocycles. The number of halogens is 1. The van der Waals surface area contributed by atoms with Gasteiger partial charge in [0.05, 0.1) is 11.9 Å². The minimum atomic E-state index is -0.0928. The highest BCUT2D eigenvalue weighted by Gasteiger charge is 2.26. The first-order chi connectivity index (χ1) is 8.67. The van der Waals surface area contributed by atoms with E-state index in [2.05, 4.69) is 26.3 Å². The maximum atomic E-state index is 11.9. The molecule has 6 heteroatoms. The van der Waals surface area contributed by atoms with Crippen molar-refractivity contribution in [2.45, 2.75) is 38.8 Å². The van der Waals surface area contributed by atoms with Gasteiger partial charge >= 0.3 is 0 Å². The molecular weight excluding hydrogens is 296 g/mol. The van der Waals surface area contributed by atoms with Crippen LogP contribution in [0.15, 0.2) is 15.5 Å². The van der Waals surface area contributed by atoms with Crippen molar-refractivity contribution < 1.29 is 0 Å². The van der Waals surface area contributed by atoms with E-state index in [1.165, 1.54) is 11.1 Å². The monoisotopic (exact) mass is 314 g/mol. The predicted molar refractivity (Wildman–Crippen MR) is 75.7 cm³/mol. The average Bonchev–Trinajstić information content (AvgIpc) is 2.82. The Balaban J connectivity index is 2.19. The lowest BCUT2D eigenvalue weighted by Gasteiger charge is -2.21. The Hall–Kier alpha value is -0.880. The van der Waals surface area contributed by atoms with Crippen LogP contribution in [-0.4, -0.2) is 22.4 Å². The molecule has 0 aromatic carbocycles. The molecule has 0 bridgehead atoms. The van der Waals surface area contributed by atoms with Crippen molar-refractivity contribution in [1.29, 1.82) is 0 Å². The number of nitrogens with zero attached hydrogens (tertiary/aromatic N) is 2. The summed E-state index contributed by atoms with van der Waals surface area (Å²) in [6, 6.07) is 0.352. The Morgan fingerprint density at radius 3 is 3.06 bits per heavy atom. The first-order valence-corrected chi connectivity index (χ1v) is 7.18. The van der Waals surface area contributed by atoms with E-state index in [4.69, 9.17) is 5.73 Å². The fourth-order valence-electron chi connectivity index (χ4n) is 2.50. The molecule has 2 rings (SSSR count). The second-order valence-electron chi connectivity index (χ2n) is 4.67. The molecule has 18 heavy (non-hydrogen) atoms. The average molecular weight is 315 g/mol. The van der Waals surface area contributed by atoms with E-state index < -0.39 is 0 Å². The maximum Gasteiger partial charge on any atom is 0.283 e. The fraction of sp³-hybridized carbons (Fsp3) is 0.667. The number of aromatic nitrogens is 2. The van der Waals surface area contributed by atoms with Crippen LogP contribution in [0.3, 0.4) is 0 Å². The van der Waals surface area contributed by atoms with Crippen molar-refractivity contribution in [3.05, 3.63) is 21.0 Å². The van der Waals surface area contributed by atoms with Crippen molar-refractivity contribution in [1.82, 2.24) is 9.78 Å². The molecule has 0 amide bonds. The topological polar surface area (TPSA) is 72.9 Å². The zero-order valence-corrected chi connectivity index (χ0v) is 12.1. The van der Waals surface area contributed by atoms with Crippen molar-refractivity contribution in [2.75, 3.05) is 11.9 Å². The molecule has 1 saturated carbocycles. The summed E-state index contributed by atoms with van der Waals surface area (Å²) in [4.78, 5) is 11.9. The third-order valence-corrected chi connectivity index (χ3v) is 4.35. The highest BCUT2D eigenvalue weighted by Crippen LogP contribution is 2.29. The van der Waals surface area contributed by atoms with Crippen LogP contribution in [0.2, 0.25) is 0 Å². The zero-order chi connectivity index (χ0) is 13.1. The van der Waals surface area contributed by atoms with Crippen LogP contribution in [0.5, 0.6) is 0 Å². The molecule has 0 aliphatic heterocycles. The largest absolute Gasteiger partial charge is 0.380 e. The number of hydrogen-bond acceptors (Lipinski definition) is 4. The van der Waals surface area contributed by atoms with Gasteiger partial charge in [0.25, 0.3) is 5.56 Å². The Morgan fingerprint density at radius 2 is 2.39 bits per heavy atom. The van der Waals surface area contributed by atoms with Crippen LogP contribution in [0.4, 0.5) is 5.69 Å². The Bertz CT molecular complexity index is 474. The molecule has 100 valence electrons. The van der Waals surface area contributed by atoms with Crippen LogP contribution < -0.4 is 16.6 Å². The first kappa shape index (κ1) is 13.5. The van der Waals surface area contributed by atoms with Gasteiger partial charge in [-0.15, -0.1) is 0 Å². The van der Waals surface area contributed by atoms with Crippen LogP contribution in [0, 0.1) is 5.92 Å². The SMILES string of the molecule is CCn1ncc(NC2CCCC2CN)c(Br)c1=O. The minimum Gasteiger partial charge on any atom is -0.380 e. The normalized spacial score (nSPS) is 23.3. The third kappa shape index (κ3) is 2.59. The molecule has 1 heterocycles. The molecule has 0 saturated heterocycles. The quantitative estimate of drug-likeness (QED) is 0.884. The van der Waals surface area contributed by atoms with Gasteiger partial charge < -0.3 is 11.1 Å². The Labute approximate surface area is 115 Å². The lowest BCUT2D eigenvalue weighted by atomic mass is 10.0. The van der Waals surface area contributed by atoms with Gasteiger partial charge in [-0.25, -0.2) is 4.68 Å². The van der Waals surface area contributed by atoms with E-state index in [0.717, 1.165) is 18.5 Å². The maximum absolute atomic E-state index is 11.9. The van der Waals surface area contributed by atoms with Crippen molar-refractivity contribution in [2.24, 2.45) is 11.7 Å². The molecule has 1 aromatic rings. The minimum absolute atomic E-state index is 0.0928. The van der Waals surface area contributed by atoms with Crippen molar-refractivity contribution >= 4 is 21.6 Å². The number of hydrogen-bond donors (Lipinski definition) is 2. The van der Waals surface area contributed by atoms with Crippen LogP contribution in [-0.2, 0) is 6.54 Å². The number of anilines is 1. The van der Waals surface area contributed by atoms with Gasteiger partial charge in [0.2, 0.25) is 0 Å². The second kappa shape index (κ2) is 5.84. The molecule has 0 spiro atoms. The molecule has 2 unspecified atom stereocenters. The Kier molecular flexibility index (Phi) is 4.40. The van der Waals surface area contributed by atoms with E-state index in [1.807, 2.05) is 6.92 Å². The molecule has 5 nitrogen and oxygen atoms in total. The fourth-order valence-corrected chi connectivity index (χ4v) is 2.92. The number of nitrogens with one attached hydrogen (secondary N) is 1. The van der Waals surface area contributed by atoms with E-state index in [9.17, 15) is 4.79 Å². The van der Waals surface area contributed by atoms with Crippen molar-refractivity contribution in [3.8, 4) is 0 Å². The van der Waals surface area contributed by atoms with Crippen LogP contribution in [0.25, 0.3) is 0 Å². The van der Waals surface area contributed by atoms with Gasteiger partial charge in [0, 0.05) is 12.6 Å². The van der Waals surface area contributed by atoms with E-state index >= 15 is 0 Å². The number of rotatable bonds is 4. The summed E-state index contributed by atoms with van der Waals surface area (Å²) in [5.41, 5.74) is 6.44. The summed E-state index contributed by atoms with van der Waals surface area (Å²) in [6.07, 6.45) is 5.16. The van der Waals surface area contributed by atoms with Crippen molar-refractivity contribution in [3.63, 3.8) is 0 Å². The van der Waals surface area contributed by atoms with Gasteiger partial charge in [-0.1, -0.05) is 6.42 Å². The predicted octanol–water partition coefficient (Wildman–Crippen LogP) is 1.57.